The maximum Gasteiger partial charge on any atom is 0.243 e. The van der Waals surface area contributed by atoms with E-state index in [1.165, 1.54) is 12.3 Å². The van der Waals surface area contributed by atoms with E-state index in [4.69, 9.17) is 0 Å². The predicted molar refractivity (Wildman–Crippen MR) is 66.5 cm³/mol. The molecule has 1 N–H and O–H groups in total. The van der Waals surface area contributed by atoms with Gasteiger partial charge in [-0.1, -0.05) is 24.8 Å². The largest absolute Gasteiger partial charge is 0.352 e. The molecule has 17 heavy (non-hydrogen) atoms. The zero-order chi connectivity index (χ0) is 12.9. The van der Waals surface area contributed by atoms with Crippen LogP contribution in [0.3, 0.4) is 0 Å². The summed E-state index contributed by atoms with van der Waals surface area (Å²) < 4.78 is 23.0. The van der Waals surface area contributed by atoms with E-state index in [1.807, 2.05) is 0 Å². The number of sulfone groups is 1. The van der Waals surface area contributed by atoms with Crippen LogP contribution in [0.25, 0.3) is 0 Å². The van der Waals surface area contributed by atoms with Crippen molar-refractivity contribution in [3.63, 3.8) is 0 Å². The SMILES string of the molecule is C=CC(=O)NCCc1ccccc1S(C)(=O)=O. The highest BCUT2D eigenvalue weighted by atomic mass is 32.2. The van der Waals surface area contributed by atoms with Crippen LogP contribution in [-0.2, 0) is 21.1 Å². The summed E-state index contributed by atoms with van der Waals surface area (Å²) in [6.45, 7) is 3.72. The Morgan fingerprint density at radius 2 is 2.06 bits per heavy atom. The molecule has 1 aromatic carbocycles. The molecule has 0 atom stereocenters. The van der Waals surface area contributed by atoms with Crippen molar-refractivity contribution in [2.45, 2.75) is 11.3 Å². The van der Waals surface area contributed by atoms with Gasteiger partial charge in [0.05, 0.1) is 4.90 Å². The van der Waals surface area contributed by atoms with E-state index in [9.17, 15) is 13.2 Å². The molecule has 0 aliphatic heterocycles. The number of hydrogen-bond donors (Lipinski definition) is 1. The Balaban J connectivity index is 2.78. The molecule has 4 nitrogen and oxygen atoms in total. The fourth-order valence-corrected chi connectivity index (χ4v) is 2.44. The second kappa shape index (κ2) is 5.63. The Bertz CT molecular complexity index is 520. The van der Waals surface area contributed by atoms with Gasteiger partial charge in [0.25, 0.3) is 0 Å². The Morgan fingerprint density at radius 3 is 2.65 bits per heavy atom. The van der Waals surface area contributed by atoms with Crippen molar-refractivity contribution in [3.8, 4) is 0 Å². The van der Waals surface area contributed by atoms with E-state index in [-0.39, 0.29) is 5.91 Å². The molecule has 0 bridgehead atoms. The van der Waals surface area contributed by atoms with E-state index in [2.05, 4.69) is 11.9 Å². The molecule has 1 aromatic rings. The molecular weight excluding hydrogens is 238 g/mol. The first-order chi connectivity index (χ1) is 7.95. The van der Waals surface area contributed by atoms with Crippen molar-refractivity contribution in [2.24, 2.45) is 0 Å². The van der Waals surface area contributed by atoms with E-state index in [0.717, 1.165) is 0 Å². The molecule has 0 spiro atoms. The lowest BCUT2D eigenvalue weighted by Gasteiger charge is -2.07. The fraction of sp³-hybridized carbons (Fsp3) is 0.250. The van der Waals surface area contributed by atoms with Gasteiger partial charge < -0.3 is 5.32 Å². The average molecular weight is 253 g/mol. The highest BCUT2D eigenvalue weighted by Gasteiger charge is 2.11. The smallest absolute Gasteiger partial charge is 0.243 e. The lowest BCUT2D eigenvalue weighted by atomic mass is 10.1. The van der Waals surface area contributed by atoms with Gasteiger partial charge in [-0.15, -0.1) is 0 Å². The highest BCUT2D eigenvalue weighted by Crippen LogP contribution is 2.15. The Morgan fingerprint density at radius 1 is 1.41 bits per heavy atom. The van der Waals surface area contributed by atoms with Crippen LogP contribution in [-0.4, -0.2) is 27.1 Å². The summed E-state index contributed by atoms with van der Waals surface area (Å²) in [5, 5.41) is 2.61. The van der Waals surface area contributed by atoms with E-state index in [1.54, 1.807) is 24.3 Å². The molecule has 0 aliphatic rings. The summed E-state index contributed by atoms with van der Waals surface area (Å²) in [5.74, 6) is -0.262. The molecule has 0 fully saturated rings. The second-order valence-electron chi connectivity index (χ2n) is 3.63. The van der Waals surface area contributed by atoms with Crippen LogP contribution in [0.1, 0.15) is 5.56 Å². The molecule has 92 valence electrons. The summed E-state index contributed by atoms with van der Waals surface area (Å²) >= 11 is 0. The Hall–Kier alpha value is -1.62. The van der Waals surface area contributed by atoms with Crippen LogP contribution >= 0.6 is 0 Å². The van der Waals surface area contributed by atoms with E-state index in [0.29, 0.717) is 23.4 Å². The summed E-state index contributed by atoms with van der Waals surface area (Å²) in [5.41, 5.74) is 0.708. The standard InChI is InChI=1S/C12H15NO3S/c1-3-12(14)13-9-8-10-6-4-5-7-11(10)17(2,15)16/h3-7H,1,8-9H2,2H3,(H,13,14). The first-order valence-corrected chi connectivity index (χ1v) is 7.02. The van der Waals surface area contributed by atoms with Crippen molar-refractivity contribution in [1.82, 2.24) is 5.32 Å². The summed E-state index contributed by atoms with van der Waals surface area (Å²) in [6, 6.07) is 6.78. The number of amides is 1. The molecule has 1 amide bonds. The monoisotopic (exact) mass is 253 g/mol. The van der Waals surface area contributed by atoms with Gasteiger partial charge in [0.2, 0.25) is 5.91 Å². The van der Waals surface area contributed by atoms with Crippen molar-refractivity contribution < 1.29 is 13.2 Å². The molecule has 0 unspecified atom stereocenters. The summed E-state index contributed by atoms with van der Waals surface area (Å²) in [7, 11) is -3.22. The first kappa shape index (κ1) is 13.4. The van der Waals surface area contributed by atoms with E-state index < -0.39 is 9.84 Å². The number of carbonyl (C=O) groups excluding carboxylic acids is 1. The third-order valence-corrected chi connectivity index (χ3v) is 3.45. The third kappa shape index (κ3) is 4.03. The molecule has 0 heterocycles. The van der Waals surface area contributed by atoms with Gasteiger partial charge in [-0.25, -0.2) is 8.42 Å². The van der Waals surface area contributed by atoms with Gasteiger partial charge in [0, 0.05) is 12.8 Å². The van der Waals surface area contributed by atoms with Gasteiger partial charge in [0.1, 0.15) is 0 Å². The number of nitrogens with one attached hydrogen (secondary N) is 1. The summed E-state index contributed by atoms with van der Waals surface area (Å²) in [6.07, 6.45) is 2.83. The average Bonchev–Trinajstić information content (AvgIpc) is 2.28. The van der Waals surface area contributed by atoms with Gasteiger partial charge in [-0.3, -0.25) is 4.79 Å². The van der Waals surface area contributed by atoms with Crippen LogP contribution in [0.2, 0.25) is 0 Å². The molecule has 0 aliphatic carbocycles. The van der Waals surface area contributed by atoms with Crippen LogP contribution in [0.4, 0.5) is 0 Å². The third-order valence-electron chi connectivity index (χ3n) is 2.25. The fourth-order valence-electron chi connectivity index (χ4n) is 1.46. The lowest BCUT2D eigenvalue weighted by Crippen LogP contribution is -2.23. The van der Waals surface area contributed by atoms with Crippen molar-refractivity contribution in [1.29, 1.82) is 0 Å². The molecular formula is C12H15NO3S. The zero-order valence-corrected chi connectivity index (χ0v) is 10.5. The quantitative estimate of drug-likeness (QED) is 0.794. The maximum absolute atomic E-state index is 11.5. The number of rotatable bonds is 5. The van der Waals surface area contributed by atoms with Gasteiger partial charge in [-0.2, -0.15) is 0 Å². The van der Waals surface area contributed by atoms with E-state index >= 15 is 0 Å². The second-order valence-corrected chi connectivity index (χ2v) is 5.61. The number of carbonyl (C=O) groups is 1. The number of hydrogen-bond acceptors (Lipinski definition) is 3. The zero-order valence-electron chi connectivity index (χ0n) is 9.64. The van der Waals surface area contributed by atoms with Gasteiger partial charge in [-0.05, 0) is 24.1 Å². The lowest BCUT2D eigenvalue weighted by molar-refractivity contribution is -0.116. The Kier molecular flexibility index (Phi) is 4.45. The van der Waals surface area contributed by atoms with Crippen molar-refractivity contribution in [2.75, 3.05) is 12.8 Å². The van der Waals surface area contributed by atoms with Crippen molar-refractivity contribution in [3.05, 3.63) is 42.5 Å². The molecule has 5 heteroatoms. The maximum atomic E-state index is 11.5. The highest BCUT2D eigenvalue weighted by molar-refractivity contribution is 7.90. The van der Waals surface area contributed by atoms with Gasteiger partial charge in [0.15, 0.2) is 9.84 Å². The number of benzene rings is 1. The summed E-state index contributed by atoms with van der Waals surface area (Å²) in [4.78, 5) is 11.2. The van der Waals surface area contributed by atoms with Crippen LogP contribution in [0, 0.1) is 0 Å². The molecule has 1 rings (SSSR count). The van der Waals surface area contributed by atoms with Crippen LogP contribution in [0.5, 0.6) is 0 Å². The van der Waals surface area contributed by atoms with Crippen LogP contribution < -0.4 is 5.32 Å². The van der Waals surface area contributed by atoms with Crippen LogP contribution in [0.15, 0.2) is 41.8 Å². The van der Waals surface area contributed by atoms with Crippen molar-refractivity contribution >= 4 is 15.7 Å². The predicted octanol–water partition coefficient (Wildman–Crippen LogP) is 0.935. The Labute approximate surface area is 101 Å². The molecule has 0 saturated carbocycles. The van der Waals surface area contributed by atoms with Gasteiger partial charge >= 0.3 is 0 Å². The minimum atomic E-state index is -3.22. The normalized spacial score (nSPS) is 10.9. The molecule has 0 saturated heterocycles. The molecule has 0 radical (unpaired) electrons. The minimum Gasteiger partial charge on any atom is -0.352 e. The first-order valence-electron chi connectivity index (χ1n) is 5.13. The minimum absolute atomic E-state index is 0.262. The topological polar surface area (TPSA) is 63.2 Å². The molecule has 0 aromatic heterocycles.